The van der Waals surface area contributed by atoms with Crippen molar-refractivity contribution in [1.82, 2.24) is 15.0 Å². The average Bonchev–Trinajstić information content (AvgIpc) is 2.42. The van der Waals surface area contributed by atoms with E-state index in [9.17, 15) is 0 Å². The molecule has 0 saturated carbocycles. The Morgan fingerprint density at radius 2 is 1.95 bits per heavy atom. The summed E-state index contributed by atoms with van der Waals surface area (Å²) >= 11 is 0. The fourth-order valence-corrected chi connectivity index (χ4v) is 2.13. The van der Waals surface area contributed by atoms with E-state index in [1.165, 1.54) is 0 Å². The van der Waals surface area contributed by atoms with Crippen LogP contribution in [0.1, 0.15) is 43.6 Å². The van der Waals surface area contributed by atoms with E-state index in [-0.39, 0.29) is 0 Å². The van der Waals surface area contributed by atoms with Gasteiger partial charge in [0.15, 0.2) is 0 Å². The molecule has 2 heterocycles. The van der Waals surface area contributed by atoms with Gasteiger partial charge in [-0.05, 0) is 32.4 Å². The van der Waals surface area contributed by atoms with Crippen molar-refractivity contribution in [3.8, 4) is 11.3 Å². The highest BCUT2D eigenvalue weighted by molar-refractivity contribution is 5.70. The van der Waals surface area contributed by atoms with Crippen molar-refractivity contribution in [2.75, 3.05) is 11.9 Å². The first-order valence-corrected chi connectivity index (χ1v) is 7.08. The van der Waals surface area contributed by atoms with Gasteiger partial charge >= 0.3 is 0 Å². The van der Waals surface area contributed by atoms with Crippen molar-refractivity contribution >= 4 is 5.82 Å². The quantitative estimate of drug-likeness (QED) is 0.920. The maximum Gasteiger partial charge on any atom is 0.133 e. The number of rotatable bonds is 4. The van der Waals surface area contributed by atoms with Gasteiger partial charge in [0, 0.05) is 36.0 Å². The second-order valence-electron chi connectivity index (χ2n) is 5.28. The Morgan fingerprint density at radius 1 is 1.20 bits per heavy atom. The molecule has 0 radical (unpaired) electrons. The first-order chi connectivity index (χ1) is 9.54. The minimum Gasteiger partial charge on any atom is -0.370 e. The monoisotopic (exact) mass is 270 g/mol. The maximum atomic E-state index is 4.77. The molecule has 20 heavy (non-hydrogen) atoms. The van der Waals surface area contributed by atoms with E-state index in [4.69, 9.17) is 4.98 Å². The van der Waals surface area contributed by atoms with Crippen molar-refractivity contribution < 1.29 is 0 Å². The zero-order valence-corrected chi connectivity index (χ0v) is 12.9. The molecule has 0 aromatic carbocycles. The lowest BCUT2D eigenvalue weighted by atomic mass is 10.0. The Morgan fingerprint density at radius 3 is 2.55 bits per heavy atom. The number of aromatic nitrogens is 3. The first-order valence-electron chi connectivity index (χ1n) is 7.08. The van der Waals surface area contributed by atoms with Crippen molar-refractivity contribution in [2.45, 2.75) is 40.5 Å². The molecule has 0 atom stereocenters. The Hall–Kier alpha value is -1.97. The van der Waals surface area contributed by atoms with Crippen molar-refractivity contribution in [3.63, 3.8) is 0 Å². The molecule has 0 spiro atoms. The zero-order valence-electron chi connectivity index (χ0n) is 12.9. The van der Waals surface area contributed by atoms with E-state index in [1.54, 1.807) is 0 Å². The predicted octanol–water partition coefficient (Wildman–Crippen LogP) is 3.71. The van der Waals surface area contributed by atoms with E-state index < -0.39 is 0 Å². The Kier molecular flexibility index (Phi) is 4.32. The van der Waals surface area contributed by atoms with Crippen LogP contribution >= 0.6 is 0 Å². The van der Waals surface area contributed by atoms with Crippen LogP contribution in [0.5, 0.6) is 0 Å². The van der Waals surface area contributed by atoms with Gasteiger partial charge in [0.1, 0.15) is 11.6 Å². The maximum absolute atomic E-state index is 4.77. The summed E-state index contributed by atoms with van der Waals surface area (Å²) in [4.78, 5) is 13.6. The third-order valence-electron chi connectivity index (χ3n) is 3.30. The summed E-state index contributed by atoms with van der Waals surface area (Å²) in [6.07, 6.45) is 3.69. The molecular weight excluding hydrogens is 248 g/mol. The SMILES string of the molecule is CCNc1nc(C(C)C)nc(-c2ccncc2C)c1C. The second-order valence-corrected chi connectivity index (χ2v) is 5.28. The van der Waals surface area contributed by atoms with Gasteiger partial charge in [0.2, 0.25) is 0 Å². The van der Waals surface area contributed by atoms with Crippen LogP contribution in [0.25, 0.3) is 11.3 Å². The zero-order chi connectivity index (χ0) is 14.7. The molecule has 106 valence electrons. The Labute approximate surface area is 120 Å². The molecular formula is C16H22N4. The number of hydrogen-bond acceptors (Lipinski definition) is 4. The molecule has 0 aliphatic carbocycles. The second kappa shape index (κ2) is 5.99. The molecule has 0 saturated heterocycles. The average molecular weight is 270 g/mol. The van der Waals surface area contributed by atoms with Crippen molar-refractivity contribution in [1.29, 1.82) is 0 Å². The first kappa shape index (κ1) is 14.4. The molecule has 2 aromatic heterocycles. The number of nitrogens with zero attached hydrogens (tertiary/aromatic N) is 3. The van der Waals surface area contributed by atoms with Crippen LogP contribution in [-0.2, 0) is 0 Å². The van der Waals surface area contributed by atoms with Crippen LogP contribution in [0.2, 0.25) is 0 Å². The number of aryl methyl sites for hydroxylation is 1. The molecule has 1 N–H and O–H groups in total. The van der Waals surface area contributed by atoms with E-state index in [2.05, 4.69) is 49.9 Å². The van der Waals surface area contributed by atoms with Crippen molar-refractivity contribution in [3.05, 3.63) is 35.4 Å². The molecule has 2 rings (SSSR count). The molecule has 4 heteroatoms. The van der Waals surface area contributed by atoms with E-state index in [1.807, 2.05) is 18.5 Å². The van der Waals surface area contributed by atoms with Crippen LogP contribution in [0.15, 0.2) is 18.5 Å². The summed E-state index contributed by atoms with van der Waals surface area (Å²) in [5.41, 5.74) is 4.34. The topological polar surface area (TPSA) is 50.7 Å². The molecule has 0 bridgehead atoms. The fraction of sp³-hybridized carbons (Fsp3) is 0.438. The molecule has 2 aromatic rings. The number of hydrogen-bond donors (Lipinski definition) is 1. The lowest BCUT2D eigenvalue weighted by molar-refractivity contribution is 0.774. The summed E-state index contributed by atoms with van der Waals surface area (Å²) < 4.78 is 0. The molecule has 0 aliphatic heterocycles. The summed E-state index contributed by atoms with van der Waals surface area (Å²) in [5, 5.41) is 3.33. The van der Waals surface area contributed by atoms with Crippen LogP contribution < -0.4 is 5.32 Å². The highest BCUT2D eigenvalue weighted by Crippen LogP contribution is 2.29. The van der Waals surface area contributed by atoms with Crippen molar-refractivity contribution in [2.24, 2.45) is 0 Å². The van der Waals surface area contributed by atoms with Gasteiger partial charge in [-0.2, -0.15) is 0 Å². The number of pyridine rings is 1. The van der Waals surface area contributed by atoms with E-state index in [0.29, 0.717) is 5.92 Å². The van der Waals surface area contributed by atoms with Gasteiger partial charge in [-0.15, -0.1) is 0 Å². The summed E-state index contributed by atoms with van der Waals surface area (Å²) in [6, 6.07) is 2.02. The third kappa shape index (κ3) is 2.79. The van der Waals surface area contributed by atoms with Crippen LogP contribution in [0.4, 0.5) is 5.82 Å². The number of anilines is 1. The third-order valence-corrected chi connectivity index (χ3v) is 3.30. The molecule has 0 unspecified atom stereocenters. The Bertz CT molecular complexity index is 605. The largest absolute Gasteiger partial charge is 0.370 e. The standard InChI is InChI=1S/C16H22N4/c1-6-18-16-12(5)14(19-15(20-16)10(2)3)13-7-8-17-9-11(13)4/h7-10H,6H2,1-5H3,(H,18,19,20). The lowest BCUT2D eigenvalue weighted by Gasteiger charge is -2.16. The summed E-state index contributed by atoms with van der Waals surface area (Å²) in [7, 11) is 0. The minimum absolute atomic E-state index is 0.300. The Balaban J connectivity index is 2.65. The van der Waals surface area contributed by atoms with Gasteiger partial charge in [-0.25, -0.2) is 9.97 Å². The summed E-state index contributed by atoms with van der Waals surface area (Å²) in [5.74, 6) is 2.10. The van der Waals surface area contributed by atoms with Gasteiger partial charge in [-0.3, -0.25) is 4.98 Å². The molecule has 4 nitrogen and oxygen atoms in total. The number of nitrogens with one attached hydrogen (secondary N) is 1. The van der Waals surface area contributed by atoms with Gasteiger partial charge < -0.3 is 5.32 Å². The van der Waals surface area contributed by atoms with E-state index in [0.717, 1.165) is 40.6 Å². The van der Waals surface area contributed by atoms with Crippen LogP contribution in [-0.4, -0.2) is 21.5 Å². The highest BCUT2D eigenvalue weighted by Gasteiger charge is 2.15. The molecule has 0 aliphatic rings. The predicted molar refractivity (Wildman–Crippen MR) is 83.0 cm³/mol. The fourth-order valence-electron chi connectivity index (χ4n) is 2.13. The van der Waals surface area contributed by atoms with Crippen LogP contribution in [0, 0.1) is 13.8 Å². The molecule has 0 amide bonds. The van der Waals surface area contributed by atoms with Gasteiger partial charge in [-0.1, -0.05) is 13.8 Å². The van der Waals surface area contributed by atoms with Crippen LogP contribution in [0.3, 0.4) is 0 Å². The summed E-state index contributed by atoms with van der Waals surface area (Å²) in [6.45, 7) is 11.3. The molecule has 0 fully saturated rings. The minimum atomic E-state index is 0.300. The van der Waals surface area contributed by atoms with Gasteiger partial charge in [0.05, 0.1) is 5.69 Å². The van der Waals surface area contributed by atoms with E-state index >= 15 is 0 Å². The smallest absolute Gasteiger partial charge is 0.133 e. The normalized spacial score (nSPS) is 10.9. The lowest BCUT2D eigenvalue weighted by Crippen LogP contribution is -2.09. The highest BCUT2D eigenvalue weighted by atomic mass is 15.0. The van der Waals surface area contributed by atoms with Gasteiger partial charge in [0.25, 0.3) is 0 Å².